The van der Waals surface area contributed by atoms with Crippen molar-refractivity contribution >= 4 is 21.4 Å². The Bertz CT molecular complexity index is 700. The number of benzene rings is 1. The van der Waals surface area contributed by atoms with Crippen molar-refractivity contribution in [3.63, 3.8) is 0 Å². The molecule has 0 N–H and O–H groups in total. The molecular formula is C18H23NO3S. The molecule has 4 nitrogen and oxygen atoms in total. The molecule has 23 heavy (non-hydrogen) atoms. The summed E-state index contributed by atoms with van der Waals surface area (Å²) < 4.78 is 23.6. The largest absolute Gasteiger partial charge is 0.304 e. The minimum absolute atomic E-state index is 0.0145. The first-order valence-corrected chi connectivity index (χ1v) is 9.98. The molecule has 1 fully saturated rings. The van der Waals surface area contributed by atoms with E-state index in [0.717, 1.165) is 36.9 Å². The van der Waals surface area contributed by atoms with Crippen LogP contribution in [0.4, 0.5) is 5.69 Å². The highest BCUT2D eigenvalue weighted by Gasteiger charge is 2.35. The van der Waals surface area contributed by atoms with E-state index >= 15 is 0 Å². The second-order valence-corrected chi connectivity index (χ2v) is 8.54. The predicted octanol–water partition coefficient (Wildman–Crippen LogP) is 3.22. The smallest absolute Gasteiger partial charge is 0.230 e. The quantitative estimate of drug-likeness (QED) is 0.853. The van der Waals surface area contributed by atoms with E-state index < -0.39 is 15.9 Å². The molecule has 124 valence electrons. The van der Waals surface area contributed by atoms with Gasteiger partial charge in [0.1, 0.15) is 0 Å². The molecular weight excluding hydrogens is 310 g/mol. The van der Waals surface area contributed by atoms with Gasteiger partial charge in [-0.15, -0.1) is 0 Å². The summed E-state index contributed by atoms with van der Waals surface area (Å²) in [6.45, 7) is 2.00. The predicted molar refractivity (Wildman–Crippen MR) is 92.0 cm³/mol. The number of carbonyl (C=O) groups excluding carboxylic acids is 1. The summed E-state index contributed by atoms with van der Waals surface area (Å²) in [5, 5.41) is 1.24. The summed E-state index contributed by atoms with van der Waals surface area (Å²) in [7, 11) is -3.20. The fourth-order valence-corrected chi connectivity index (χ4v) is 4.72. The fraction of sp³-hybridized carbons (Fsp3) is 0.500. The summed E-state index contributed by atoms with van der Waals surface area (Å²) in [5.74, 6) is 0.0707. The summed E-state index contributed by atoms with van der Waals surface area (Å²) in [6.07, 6.45) is 6.81. The van der Waals surface area contributed by atoms with Gasteiger partial charge < -0.3 is 4.90 Å². The molecule has 1 aliphatic carbocycles. The van der Waals surface area contributed by atoms with Gasteiger partial charge in [-0.25, -0.2) is 8.42 Å². The Morgan fingerprint density at radius 2 is 1.74 bits per heavy atom. The average Bonchev–Trinajstić information content (AvgIpc) is 2.90. The van der Waals surface area contributed by atoms with Crippen molar-refractivity contribution in [2.75, 3.05) is 10.7 Å². The van der Waals surface area contributed by atoms with Gasteiger partial charge in [0.05, 0.1) is 11.8 Å². The molecule has 1 aromatic rings. The van der Waals surface area contributed by atoms with Crippen molar-refractivity contribution in [1.82, 2.24) is 0 Å². The van der Waals surface area contributed by atoms with Crippen LogP contribution in [0.5, 0.6) is 0 Å². The fourth-order valence-electron chi connectivity index (χ4n) is 3.45. The van der Waals surface area contributed by atoms with Gasteiger partial charge in [0.15, 0.2) is 9.84 Å². The van der Waals surface area contributed by atoms with Crippen molar-refractivity contribution in [1.29, 1.82) is 0 Å². The van der Waals surface area contributed by atoms with Gasteiger partial charge in [-0.3, -0.25) is 4.79 Å². The first kappa shape index (κ1) is 16.2. The van der Waals surface area contributed by atoms with E-state index in [4.69, 9.17) is 0 Å². The van der Waals surface area contributed by atoms with E-state index in [1.807, 2.05) is 31.2 Å². The van der Waals surface area contributed by atoms with Crippen LogP contribution in [-0.2, 0) is 14.6 Å². The highest BCUT2D eigenvalue weighted by molar-refractivity contribution is 7.94. The number of sulfone groups is 1. The standard InChI is InChI=1S/C18H23NO3S/c1-14-7-9-16(10-8-14)19(17-11-12-23(21,22)13-17)18(20)15-5-3-2-4-6-15/h7-12,15,17H,2-6,13H2,1H3/t17-/m0/s1. The highest BCUT2D eigenvalue weighted by atomic mass is 32.2. The first-order valence-electron chi connectivity index (χ1n) is 8.27. The zero-order chi connectivity index (χ0) is 16.4. The average molecular weight is 333 g/mol. The van der Waals surface area contributed by atoms with Gasteiger partial charge >= 0.3 is 0 Å². The van der Waals surface area contributed by atoms with Crippen LogP contribution < -0.4 is 4.90 Å². The van der Waals surface area contributed by atoms with Crippen LogP contribution in [0.2, 0.25) is 0 Å². The number of hydrogen-bond acceptors (Lipinski definition) is 3. The lowest BCUT2D eigenvalue weighted by Gasteiger charge is -2.32. The number of anilines is 1. The normalized spacial score (nSPS) is 23.8. The summed E-state index contributed by atoms with van der Waals surface area (Å²) in [6, 6.07) is 7.36. The summed E-state index contributed by atoms with van der Waals surface area (Å²) in [5.41, 5.74) is 1.91. The molecule has 1 saturated carbocycles. The lowest BCUT2D eigenvalue weighted by Crippen LogP contribution is -2.45. The molecule has 1 amide bonds. The lowest BCUT2D eigenvalue weighted by atomic mass is 9.88. The van der Waals surface area contributed by atoms with Crippen LogP contribution in [0.3, 0.4) is 0 Å². The third-order valence-corrected chi connectivity index (χ3v) is 6.12. The van der Waals surface area contributed by atoms with Crippen molar-refractivity contribution < 1.29 is 13.2 Å². The highest BCUT2D eigenvalue weighted by Crippen LogP contribution is 2.30. The van der Waals surface area contributed by atoms with Crippen molar-refractivity contribution in [2.24, 2.45) is 5.92 Å². The van der Waals surface area contributed by atoms with Crippen LogP contribution >= 0.6 is 0 Å². The van der Waals surface area contributed by atoms with E-state index in [-0.39, 0.29) is 17.6 Å². The van der Waals surface area contributed by atoms with E-state index in [1.54, 1.807) is 11.0 Å². The van der Waals surface area contributed by atoms with E-state index in [9.17, 15) is 13.2 Å². The minimum Gasteiger partial charge on any atom is -0.304 e. The van der Waals surface area contributed by atoms with E-state index in [1.165, 1.54) is 11.8 Å². The number of nitrogens with zero attached hydrogens (tertiary/aromatic N) is 1. The zero-order valence-corrected chi connectivity index (χ0v) is 14.3. The summed E-state index contributed by atoms with van der Waals surface area (Å²) in [4.78, 5) is 14.8. The molecule has 3 rings (SSSR count). The number of amides is 1. The second-order valence-electron chi connectivity index (χ2n) is 6.60. The van der Waals surface area contributed by atoms with Crippen LogP contribution in [0.1, 0.15) is 37.7 Å². The number of rotatable bonds is 3. The molecule has 0 aromatic heterocycles. The summed E-state index contributed by atoms with van der Waals surface area (Å²) >= 11 is 0. The Hall–Kier alpha value is -1.62. The Morgan fingerprint density at radius 3 is 2.30 bits per heavy atom. The van der Waals surface area contributed by atoms with Gasteiger partial charge in [0.2, 0.25) is 5.91 Å². The van der Waals surface area contributed by atoms with Gasteiger partial charge in [-0.05, 0) is 38.0 Å². The van der Waals surface area contributed by atoms with Gasteiger partial charge in [0.25, 0.3) is 0 Å². The maximum Gasteiger partial charge on any atom is 0.230 e. The third-order valence-electron chi connectivity index (χ3n) is 4.75. The SMILES string of the molecule is Cc1ccc(N(C(=O)C2CCCCC2)[C@H]2C=CS(=O)(=O)C2)cc1. The van der Waals surface area contributed by atoms with Crippen LogP contribution in [0, 0.1) is 12.8 Å². The maximum atomic E-state index is 13.1. The molecule has 5 heteroatoms. The van der Waals surface area contributed by atoms with Gasteiger partial charge in [0, 0.05) is 17.0 Å². The Labute approximate surface area is 138 Å². The minimum atomic E-state index is -3.20. The molecule has 0 saturated heterocycles. The number of aryl methyl sites for hydroxylation is 1. The molecule has 0 spiro atoms. The molecule has 0 radical (unpaired) electrons. The molecule has 0 unspecified atom stereocenters. The Balaban J connectivity index is 1.91. The lowest BCUT2D eigenvalue weighted by molar-refractivity contribution is -0.123. The van der Waals surface area contributed by atoms with E-state index in [2.05, 4.69) is 0 Å². The molecule has 2 aliphatic rings. The third kappa shape index (κ3) is 3.66. The van der Waals surface area contributed by atoms with Gasteiger partial charge in [-0.2, -0.15) is 0 Å². The molecule has 1 aromatic carbocycles. The molecule has 1 atom stereocenters. The van der Waals surface area contributed by atoms with Crippen molar-refractivity contribution in [2.45, 2.75) is 45.1 Å². The van der Waals surface area contributed by atoms with Crippen molar-refractivity contribution in [3.8, 4) is 0 Å². The molecule has 1 heterocycles. The molecule has 1 aliphatic heterocycles. The maximum absolute atomic E-state index is 13.1. The number of carbonyl (C=O) groups is 1. The van der Waals surface area contributed by atoms with Crippen LogP contribution in [0.15, 0.2) is 35.7 Å². The topological polar surface area (TPSA) is 54.5 Å². The van der Waals surface area contributed by atoms with Crippen molar-refractivity contribution in [3.05, 3.63) is 41.3 Å². The first-order chi connectivity index (χ1) is 11.0. The van der Waals surface area contributed by atoms with E-state index in [0.29, 0.717) is 0 Å². The Kier molecular flexibility index (Phi) is 4.57. The van der Waals surface area contributed by atoms with Gasteiger partial charge in [-0.1, -0.05) is 37.0 Å². The molecule has 0 bridgehead atoms. The van der Waals surface area contributed by atoms with Crippen LogP contribution in [0.25, 0.3) is 0 Å². The Morgan fingerprint density at radius 1 is 1.09 bits per heavy atom. The second kappa shape index (κ2) is 6.48. The van der Waals surface area contributed by atoms with Crippen LogP contribution in [-0.4, -0.2) is 26.1 Å². The monoisotopic (exact) mass is 333 g/mol. The zero-order valence-electron chi connectivity index (χ0n) is 13.4. The number of hydrogen-bond donors (Lipinski definition) is 0.